The van der Waals surface area contributed by atoms with Gasteiger partial charge >= 0.3 is 0 Å². The SMILES string of the molecule is CN1C2CCC1CC(CN)(N(C)CC1CCCCO1)C2. The zero-order valence-electron chi connectivity index (χ0n) is 13.2. The summed E-state index contributed by atoms with van der Waals surface area (Å²) in [6.45, 7) is 2.79. The van der Waals surface area contributed by atoms with Crippen molar-refractivity contribution in [3.8, 4) is 0 Å². The quantitative estimate of drug-likeness (QED) is 0.847. The second-order valence-electron chi connectivity index (χ2n) is 7.26. The van der Waals surface area contributed by atoms with Crippen molar-refractivity contribution in [2.45, 2.75) is 68.7 Å². The first kappa shape index (κ1) is 14.8. The van der Waals surface area contributed by atoms with Gasteiger partial charge < -0.3 is 15.4 Å². The molecule has 3 fully saturated rings. The number of nitrogens with two attached hydrogens (primary N) is 1. The smallest absolute Gasteiger partial charge is 0.0702 e. The number of hydrogen-bond acceptors (Lipinski definition) is 4. The molecule has 0 aromatic rings. The molecule has 3 saturated heterocycles. The van der Waals surface area contributed by atoms with E-state index in [2.05, 4.69) is 23.9 Å². The maximum Gasteiger partial charge on any atom is 0.0702 e. The molecule has 3 rings (SSSR count). The second kappa shape index (κ2) is 5.91. The predicted octanol–water partition coefficient (Wildman–Crippen LogP) is 1.44. The molecule has 4 nitrogen and oxygen atoms in total. The van der Waals surface area contributed by atoms with E-state index in [0.29, 0.717) is 6.10 Å². The van der Waals surface area contributed by atoms with Crippen molar-refractivity contribution in [1.82, 2.24) is 9.80 Å². The van der Waals surface area contributed by atoms with Crippen LogP contribution in [-0.4, -0.2) is 67.3 Å². The van der Waals surface area contributed by atoms with Crippen molar-refractivity contribution in [3.63, 3.8) is 0 Å². The normalized spacial score (nSPS) is 42.3. The number of nitrogens with zero attached hydrogens (tertiary/aromatic N) is 2. The van der Waals surface area contributed by atoms with E-state index < -0.39 is 0 Å². The largest absolute Gasteiger partial charge is 0.377 e. The molecule has 116 valence electrons. The van der Waals surface area contributed by atoms with Crippen LogP contribution < -0.4 is 5.73 Å². The Morgan fingerprint density at radius 1 is 1.20 bits per heavy atom. The number of ether oxygens (including phenoxy) is 1. The summed E-state index contributed by atoms with van der Waals surface area (Å²) in [6.07, 6.45) is 9.39. The molecule has 3 unspecified atom stereocenters. The summed E-state index contributed by atoms with van der Waals surface area (Å²) >= 11 is 0. The number of fused-ring (bicyclic) bond motifs is 2. The van der Waals surface area contributed by atoms with E-state index in [1.54, 1.807) is 0 Å². The van der Waals surface area contributed by atoms with Crippen LogP contribution in [0.5, 0.6) is 0 Å². The van der Waals surface area contributed by atoms with Crippen LogP contribution in [0, 0.1) is 0 Å². The zero-order valence-corrected chi connectivity index (χ0v) is 13.2. The van der Waals surface area contributed by atoms with Gasteiger partial charge in [0.05, 0.1) is 6.10 Å². The summed E-state index contributed by atoms with van der Waals surface area (Å²) < 4.78 is 5.93. The standard InChI is InChI=1S/C16H31N3O/c1-18(11-15-5-3-4-8-20-15)16(12-17)9-13-6-7-14(10-16)19(13)2/h13-15H,3-12,17H2,1-2H3. The molecule has 0 saturated carbocycles. The molecule has 0 aromatic carbocycles. The second-order valence-corrected chi connectivity index (χ2v) is 7.26. The van der Waals surface area contributed by atoms with E-state index in [-0.39, 0.29) is 5.54 Å². The van der Waals surface area contributed by atoms with E-state index in [1.807, 2.05) is 0 Å². The third-order valence-corrected chi connectivity index (χ3v) is 6.16. The van der Waals surface area contributed by atoms with Gasteiger partial charge in [0.15, 0.2) is 0 Å². The Morgan fingerprint density at radius 3 is 2.45 bits per heavy atom. The van der Waals surface area contributed by atoms with Gasteiger partial charge in [0.25, 0.3) is 0 Å². The Kier molecular flexibility index (Phi) is 4.37. The molecule has 0 radical (unpaired) electrons. The fourth-order valence-electron chi connectivity index (χ4n) is 4.63. The van der Waals surface area contributed by atoms with Gasteiger partial charge in [-0.2, -0.15) is 0 Å². The molecule has 0 aromatic heterocycles. The molecule has 0 aliphatic carbocycles. The van der Waals surface area contributed by atoms with E-state index in [0.717, 1.165) is 31.8 Å². The van der Waals surface area contributed by atoms with Crippen LogP contribution in [0.25, 0.3) is 0 Å². The fraction of sp³-hybridized carbons (Fsp3) is 1.00. The van der Waals surface area contributed by atoms with Gasteiger partial charge in [-0.25, -0.2) is 0 Å². The third-order valence-electron chi connectivity index (χ3n) is 6.16. The summed E-state index contributed by atoms with van der Waals surface area (Å²) in [7, 11) is 4.57. The van der Waals surface area contributed by atoms with Gasteiger partial charge in [0, 0.05) is 37.3 Å². The Bertz CT molecular complexity index is 316. The molecule has 4 heteroatoms. The molecule has 2 bridgehead atoms. The first-order valence-corrected chi connectivity index (χ1v) is 8.39. The minimum Gasteiger partial charge on any atom is -0.377 e. The minimum absolute atomic E-state index is 0.207. The molecular formula is C16H31N3O. The van der Waals surface area contributed by atoms with Crippen molar-refractivity contribution in [1.29, 1.82) is 0 Å². The van der Waals surface area contributed by atoms with Crippen LogP contribution >= 0.6 is 0 Å². The monoisotopic (exact) mass is 281 g/mol. The summed E-state index contributed by atoms with van der Waals surface area (Å²) in [4.78, 5) is 5.14. The number of hydrogen-bond donors (Lipinski definition) is 1. The highest BCUT2D eigenvalue weighted by atomic mass is 16.5. The van der Waals surface area contributed by atoms with Crippen LogP contribution in [0.1, 0.15) is 44.9 Å². The average molecular weight is 281 g/mol. The highest BCUT2D eigenvalue weighted by Gasteiger charge is 2.48. The fourth-order valence-corrected chi connectivity index (χ4v) is 4.63. The van der Waals surface area contributed by atoms with Gasteiger partial charge in [-0.05, 0) is 59.0 Å². The number of rotatable bonds is 4. The maximum atomic E-state index is 6.24. The molecule has 0 spiro atoms. The molecule has 3 heterocycles. The Labute approximate surface area is 123 Å². The maximum absolute atomic E-state index is 6.24. The molecule has 3 atom stereocenters. The van der Waals surface area contributed by atoms with Gasteiger partial charge in [-0.15, -0.1) is 0 Å². The van der Waals surface area contributed by atoms with Crippen LogP contribution in [0.15, 0.2) is 0 Å². The number of likely N-dealkylation sites (N-methyl/N-ethyl adjacent to an activating group) is 1. The summed E-state index contributed by atoms with van der Waals surface area (Å²) in [5.41, 5.74) is 6.45. The lowest BCUT2D eigenvalue weighted by molar-refractivity contribution is -0.0442. The van der Waals surface area contributed by atoms with Crippen LogP contribution in [0.3, 0.4) is 0 Å². The van der Waals surface area contributed by atoms with Crippen molar-refractivity contribution in [3.05, 3.63) is 0 Å². The lowest BCUT2D eigenvalue weighted by atomic mass is 9.81. The summed E-state index contributed by atoms with van der Waals surface area (Å²) in [5.74, 6) is 0. The van der Waals surface area contributed by atoms with E-state index >= 15 is 0 Å². The van der Waals surface area contributed by atoms with Crippen molar-refractivity contribution in [2.75, 3.05) is 33.8 Å². The molecule has 3 aliphatic rings. The van der Waals surface area contributed by atoms with E-state index in [4.69, 9.17) is 10.5 Å². The molecule has 3 aliphatic heterocycles. The highest BCUT2D eigenvalue weighted by Crippen LogP contribution is 2.42. The van der Waals surface area contributed by atoms with Crippen molar-refractivity contribution in [2.24, 2.45) is 5.73 Å². The third kappa shape index (κ3) is 2.63. The highest BCUT2D eigenvalue weighted by molar-refractivity contribution is 5.06. The minimum atomic E-state index is 0.207. The van der Waals surface area contributed by atoms with Crippen molar-refractivity contribution >= 4 is 0 Å². The van der Waals surface area contributed by atoms with Gasteiger partial charge in [0.1, 0.15) is 0 Å². The Morgan fingerprint density at radius 2 is 1.90 bits per heavy atom. The van der Waals surface area contributed by atoms with Gasteiger partial charge in [0.2, 0.25) is 0 Å². The summed E-state index contributed by atoms with van der Waals surface area (Å²) in [6, 6.07) is 1.49. The van der Waals surface area contributed by atoms with E-state index in [9.17, 15) is 0 Å². The van der Waals surface area contributed by atoms with E-state index in [1.165, 1.54) is 44.9 Å². The molecular weight excluding hydrogens is 250 g/mol. The predicted molar refractivity (Wildman–Crippen MR) is 81.8 cm³/mol. The Hall–Kier alpha value is -0.160. The average Bonchev–Trinajstić information content (AvgIpc) is 2.70. The summed E-state index contributed by atoms with van der Waals surface area (Å²) in [5, 5.41) is 0. The van der Waals surface area contributed by atoms with Crippen molar-refractivity contribution < 1.29 is 4.74 Å². The molecule has 0 amide bonds. The lowest BCUT2D eigenvalue weighted by Crippen LogP contribution is -2.62. The van der Waals surface area contributed by atoms with Crippen LogP contribution in [-0.2, 0) is 4.74 Å². The van der Waals surface area contributed by atoms with Crippen LogP contribution in [0.2, 0.25) is 0 Å². The lowest BCUT2D eigenvalue weighted by Gasteiger charge is -2.50. The Balaban J connectivity index is 1.66. The molecule has 2 N–H and O–H groups in total. The number of piperidine rings is 1. The van der Waals surface area contributed by atoms with Gasteiger partial charge in [-0.1, -0.05) is 0 Å². The van der Waals surface area contributed by atoms with Crippen LogP contribution in [0.4, 0.5) is 0 Å². The van der Waals surface area contributed by atoms with Gasteiger partial charge in [-0.3, -0.25) is 4.90 Å². The first-order chi connectivity index (χ1) is 9.64. The zero-order chi connectivity index (χ0) is 14.2. The first-order valence-electron chi connectivity index (χ1n) is 8.39. The topological polar surface area (TPSA) is 41.7 Å². The molecule has 20 heavy (non-hydrogen) atoms.